The normalized spacial score (nSPS) is 11.6. The van der Waals surface area contributed by atoms with Crippen LogP contribution < -0.4 is 4.74 Å². The van der Waals surface area contributed by atoms with E-state index in [1.807, 2.05) is 0 Å². The van der Waals surface area contributed by atoms with Gasteiger partial charge in [-0.1, -0.05) is 24.3 Å². The van der Waals surface area contributed by atoms with Crippen LogP contribution in [0.3, 0.4) is 0 Å². The lowest BCUT2D eigenvalue weighted by Gasteiger charge is -2.13. The van der Waals surface area contributed by atoms with Crippen LogP contribution in [0.1, 0.15) is 10.5 Å². The molecule has 1 heterocycles. The Balaban J connectivity index is 2.08. The lowest BCUT2D eigenvalue weighted by Crippen LogP contribution is -2.17. The number of aromatic carboxylic acids is 1. The Hall–Kier alpha value is -2.96. The van der Waals surface area contributed by atoms with Crippen molar-refractivity contribution in [3.8, 4) is 16.9 Å². The SMILES string of the molecule is O=C(O)c1cc2cc(-c3ccccc3OC(F)(F)F)ccc2[nH]1. The van der Waals surface area contributed by atoms with Gasteiger partial charge in [-0.25, -0.2) is 4.79 Å². The van der Waals surface area contributed by atoms with Crippen molar-refractivity contribution in [2.45, 2.75) is 6.36 Å². The summed E-state index contributed by atoms with van der Waals surface area (Å²) in [4.78, 5) is 13.7. The zero-order valence-corrected chi connectivity index (χ0v) is 11.5. The van der Waals surface area contributed by atoms with Gasteiger partial charge in [0.1, 0.15) is 11.4 Å². The summed E-state index contributed by atoms with van der Waals surface area (Å²) in [6, 6.07) is 12.0. The van der Waals surface area contributed by atoms with E-state index in [4.69, 9.17) is 5.11 Å². The maximum absolute atomic E-state index is 12.5. The molecule has 0 radical (unpaired) electrons. The van der Waals surface area contributed by atoms with E-state index in [0.29, 0.717) is 16.5 Å². The van der Waals surface area contributed by atoms with Gasteiger partial charge in [-0.3, -0.25) is 0 Å². The van der Waals surface area contributed by atoms with E-state index in [9.17, 15) is 18.0 Å². The largest absolute Gasteiger partial charge is 0.573 e. The van der Waals surface area contributed by atoms with Crippen LogP contribution in [0.5, 0.6) is 5.75 Å². The van der Waals surface area contributed by atoms with Gasteiger partial charge >= 0.3 is 12.3 Å². The molecule has 0 amide bonds. The van der Waals surface area contributed by atoms with Gasteiger partial charge in [0, 0.05) is 16.5 Å². The van der Waals surface area contributed by atoms with E-state index < -0.39 is 12.3 Å². The number of hydrogen-bond acceptors (Lipinski definition) is 2. The molecular weight excluding hydrogens is 311 g/mol. The van der Waals surface area contributed by atoms with Crippen molar-refractivity contribution in [2.75, 3.05) is 0 Å². The summed E-state index contributed by atoms with van der Waals surface area (Å²) in [6.07, 6.45) is -4.79. The molecule has 4 nitrogen and oxygen atoms in total. The van der Waals surface area contributed by atoms with Crippen molar-refractivity contribution in [3.63, 3.8) is 0 Å². The first-order valence-electron chi connectivity index (χ1n) is 6.55. The van der Waals surface area contributed by atoms with Crippen LogP contribution in [0.15, 0.2) is 48.5 Å². The smallest absolute Gasteiger partial charge is 0.477 e. The van der Waals surface area contributed by atoms with Gasteiger partial charge in [-0.2, -0.15) is 0 Å². The molecule has 23 heavy (non-hydrogen) atoms. The zero-order chi connectivity index (χ0) is 16.6. The third-order valence-electron chi connectivity index (χ3n) is 3.27. The Morgan fingerprint density at radius 2 is 1.83 bits per heavy atom. The van der Waals surface area contributed by atoms with Crippen LogP contribution in [0.25, 0.3) is 22.0 Å². The molecule has 0 aliphatic rings. The average Bonchev–Trinajstić information content (AvgIpc) is 2.89. The number of hydrogen-bond donors (Lipinski definition) is 2. The quantitative estimate of drug-likeness (QED) is 0.750. The summed E-state index contributed by atoms with van der Waals surface area (Å²) in [6.45, 7) is 0. The minimum Gasteiger partial charge on any atom is -0.477 e. The molecular formula is C16H10F3NO3. The van der Waals surface area contributed by atoms with Gasteiger partial charge < -0.3 is 14.8 Å². The number of fused-ring (bicyclic) bond motifs is 1. The van der Waals surface area contributed by atoms with Gasteiger partial charge in [0.15, 0.2) is 0 Å². The number of carboxylic acids is 1. The van der Waals surface area contributed by atoms with Crippen molar-refractivity contribution < 1.29 is 27.8 Å². The van der Waals surface area contributed by atoms with Crippen LogP contribution in [0, 0.1) is 0 Å². The minimum absolute atomic E-state index is 0.0111. The molecule has 2 aromatic carbocycles. The van der Waals surface area contributed by atoms with Gasteiger partial charge in [0.05, 0.1) is 0 Å². The van der Waals surface area contributed by atoms with Gasteiger partial charge in [0.25, 0.3) is 0 Å². The molecule has 0 fully saturated rings. The van der Waals surface area contributed by atoms with Crippen LogP contribution >= 0.6 is 0 Å². The highest BCUT2D eigenvalue weighted by molar-refractivity contribution is 5.95. The first-order valence-corrected chi connectivity index (χ1v) is 6.55. The van der Waals surface area contributed by atoms with Crippen molar-refractivity contribution in [3.05, 3.63) is 54.2 Å². The zero-order valence-electron chi connectivity index (χ0n) is 11.5. The van der Waals surface area contributed by atoms with Crippen LogP contribution in [0.4, 0.5) is 13.2 Å². The van der Waals surface area contributed by atoms with Crippen molar-refractivity contribution in [2.24, 2.45) is 0 Å². The number of rotatable bonds is 3. The van der Waals surface area contributed by atoms with E-state index in [-0.39, 0.29) is 17.0 Å². The second-order valence-electron chi connectivity index (χ2n) is 4.83. The molecule has 1 aromatic heterocycles. The van der Waals surface area contributed by atoms with Gasteiger partial charge in [-0.15, -0.1) is 13.2 Å². The third-order valence-corrected chi connectivity index (χ3v) is 3.27. The summed E-state index contributed by atoms with van der Waals surface area (Å²) < 4.78 is 41.5. The fourth-order valence-corrected chi connectivity index (χ4v) is 2.33. The monoisotopic (exact) mass is 321 g/mol. The number of ether oxygens (including phenoxy) is 1. The Morgan fingerprint density at radius 1 is 1.09 bits per heavy atom. The summed E-state index contributed by atoms with van der Waals surface area (Å²) in [5.74, 6) is -1.42. The summed E-state index contributed by atoms with van der Waals surface area (Å²) in [5.41, 5.74) is 1.36. The topological polar surface area (TPSA) is 62.3 Å². The van der Waals surface area contributed by atoms with Crippen LogP contribution in [0.2, 0.25) is 0 Å². The molecule has 0 saturated heterocycles. The number of carbonyl (C=O) groups is 1. The highest BCUT2D eigenvalue weighted by atomic mass is 19.4. The molecule has 0 spiro atoms. The molecule has 118 valence electrons. The predicted octanol–water partition coefficient (Wildman–Crippen LogP) is 4.43. The number of nitrogens with one attached hydrogen (secondary N) is 1. The fraction of sp³-hybridized carbons (Fsp3) is 0.0625. The number of alkyl halides is 3. The second-order valence-corrected chi connectivity index (χ2v) is 4.83. The van der Waals surface area contributed by atoms with Gasteiger partial charge in [0.2, 0.25) is 0 Å². The molecule has 0 aliphatic carbocycles. The molecule has 7 heteroatoms. The van der Waals surface area contributed by atoms with Crippen molar-refractivity contribution in [1.82, 2.24) is 4.98 Å². The number of benzene rings is 2. The van der Waals surface area contributed by atoms with E-state index in [2.05, 4.69) is 9.72 Å². The summed E-state index contributed by atoms with van der Waals surface area (Å²) >= 11 is 0. The lowest BCUT2D eigenvalue weighted by atomic mass is 10.0. The molecule has 0 unspecified atom stereocenters. The molecule has 0 aliphatic heterocycles. The van der Waals surface area contributed by atoms with E-state index in [1.165, 1.54) is 24.3 Å². The highest BCUT2D eigenvalue weighted by Gasteiger charge is 2.32. The summed E-state index contributed by atoms with van der Waals surface area (Å²) in [7, 11) is 0. The minimum atomic E-state index is -4.79. The van der Waals surface area contributed by atoms with Crippen LogP contribution in [-0.2, 0) is 0 Å². The maximum Gasteiger partial charge on any atom is 0.573 e. The predicted molar refractivity (Wildman–Crippen MR) is 77.4 cm³/mol. The van der Waals surface area contributed by atoms with E-state index in [1.54, 1.807) is 24.3 Å². The first kappa shape index (κ1) is 15.0. The number of halogens is 3. The standard InChI is InChI=1S/C16H10F3NO3/c17-16(18,19)23-14-4-2-1-3-11(14)9-5-6-12-10(7-9)8-13(20-12)15(21)22/h1-8,20H,(H,21,22). The Bertz CT molecular complexity index is 884. The maximum atomic E-state index is 12.5. The Morgan fingerprint density at radius 3 is 2.52 bits per heavy atom. The number of carboxylic acid groups (broad SMARTS) is 1. The number of H-pyrrole nitrogens is 1. The van der Waals surface area contributed by atoms with Gasteiger partial charge in [-0.05, 0) is 29.8 Å². The molecule has 0 bridgehead atoms. The first-order chi connectivity index (χ1) is 10.8. The summed E-state index contributed by atoms with van der Waals surface area (Å²) in [5, 5.41) is 9.55. The van der Waals surface area contributed by atoms with Crippen molar-refractivity contribution in [1.29, 1.82) is 0 Å². The number of para-hydroxylation sites is 1. The van der Waals surface area contributed by atoms with Crippen LogP contribution in [-0.4, -0.2) is 22.4 Å². The molecule has 0 saturated carbocycles. The van der Waals surface area contributed by atoms with E-state index >= 15 is 0 Å². The van der Waals surface area contributed by atoms with E-state index in [0.717, 1.165) is 0 Å². The highest BCUT2D eigenvalue weighted by Crippen LogP contribution is 2.35. The third kappa shape index (κ3) is 3.13. The second kappa shape index (κ2) is 5.35. The number of aromatic amines is 1. The fourth-order valence-electron chi connectivity index (χ4n) is 2.33. The Labute approximate surface area is 128 Å². The average molecular weight is 321 g/mol. The van der Waals surface area contributed by atoms with Crippen molar-refractivity contribution >= 4 is 16.9 Å². The lowest BCUT2D eigenvalue weighted by molar-refractivity contribution is -0.274. The molecule has 2 N–H and O–H groups in total. The molecule has 3 aromatic rings. The molecule has 3 rings (SSSR count). The number of aromatic nitrogens is 1. The molecule has 0 atom stereocenters. The Kier molecular flexibility index (Phi) is 3.48.